The largest absolute Gasteiger partial charge is 0.458 e. The van der Waals surface area contributed by atoms with Crippen molar-refractivity contribution in [2.75, 3.05) is 0 Å². The molecule has 0 aliphatic heterocycles. The summed E-state index contributed by atoms with van der Waals surface area (Å²) in [5.41, 5.74) is 8.32. The Morgan fingerprint density at radius 1 is 0.600 bits per heavy atom. The first kappa shape index (κ1) is 30.0. The van der Waals surface area contributed by atoms with Gasteiger partial charge in [-0.2, -0.15) is 0 Å². The van der Waals surface area contributed by atoms with Gasteiger partial charge in [-0.25, -0.2) is 4.98 Å². The van der Waals surface area contributed by atoms with Gasteiger partial charge in [-0.05, 0) is 112 Å². The monoisotopic (exact) mass is 854 g/mol. The Labute approximate surface area is 395 Å². The summed E-state index contributed by atoms with van der Waals surface area (Å²) in [6, 6.07) is 29.4. The van der Waals surface area contributed by atoms with E-state index in [1.54, 1.807) is 22.8 Å². The van der Waals surface area contributed by atoms with Crippen LogP contribution in [0.4, 0.5) is 0 Å². The van der Waals surface area contributed by atoms with Crippen molar-refractivity contribution in [2.45, 2.75) is 76.5 Å². The third-order valence-corrected chi connectivity index (χ3v) is 14.2. The molecule has 2 aliphatic rings. The van der Waals surface area contributed by atoms with Crippen molar-refractivity contribution in [1.82, 2.24) is 14.1 Å². The Balaban J connectivity index is 1.02. The molecule has 5 nitrogen and oxygen atoms in total. The topological polar surface area (TPSA) is 35.9 Å². The summed E-state index contributed by atoms with van der Waals surface area (Å²) in [5.74, 6) is 2.11. The van der Waals surface area contributed by atoms with Crippen LogP contribution in [0.2, 0.25) is 0 Å². The number of nitrogens with zero attached hydrogens (tertiary/aromatic N) is 4. The highest BCUT2D eigenvalue weighted by Gasteiger charge is 2.49. The lowest BCUT2D eigenvalue weighted by atomic mass is 9.54. The molecule has 65 heavy (non-hydrogen) atoms. The van der Waals surface area contributed by atoms with E-state index in [1.165, 1.54) is 16.7 Å². The van der Waals surface area contributed by atoms with Gasteiger partial charge in [-0.15, -0.1) is 0 Å². The second-order valence-corrected chi connectivity index (χ2v) is 19.2. The maximum atomic E-state index is 9.06. The third-order valence-electron chi connectivity index (χ3n) is 14.2. The van der Waals surface area contributed by atoms with Gasteiger partial charge in [0.25, 0.3) is 6.33 Å². The minimum Gasteiger partial charge on any atom is -0.458 e. The van der Waals surface area contributed by atoms with Gasteiger partial charge in [-0.3, -0.25) is 13.7 Å². The van der Waals surface area contributed by atoms with Gasteiger partial charge in [0.2, 0.25) is 0 Å². The number of para-hydroxylation sites is 4. The predicted molar refractivity (Wildman–Crippen MR) is 265 cm³/mol. The molecule has 7 aromatic carbocycles. The molecular formula is C60H52N4O. The van der Waals surface area contributed by atoms with E-state index in [2.05, 4.69) is 88.1 Å². The van der Waals surface area contributed by atoms with Crippen molar-refractivity contribution in [3.05, 3.63) is 199 Å². The smallest absolute Gasteiger partial charge is 0.269 e. The molecule has 2 aliphatic carbocycles. The lowest BCUT2D eigenvalue weighted by Crippen LogP contribution is -2.44. The molecule has 0 fully saturated rings. The normalized spacial score (nSPS) is 19.5. The van der Waals surface area contributed by atoms with Crippen LogP contribution in [0.15, 0.2) is 176 Å². The van der Waals surface area contributed by atoms with Crippen LogP contribution in [0.5, 0.6) is 11.5 Å². The number of ether oxygens (including phenoxy) is 1. The molecule has 3 heterocycles. The van der Waals surface area contributed by atoms with E-state index in [-0.39, 0.29) is 44.2 Å². The van der Waals surface area contributed by atoms with Crippen LogP contribution in [0.3, 0.4) is 0 Å². The van der Waals surface area contributed by atoms with Crippen molar-refractivity contribution in [2.24, 2.45) is 0 Å². The quantitative estimate of drug-likeness (QED) is 0.118. The van der Waals surface area contributed by atoms with Crippen molar-refractivity contribution in [3.63, 3.8) is 0 Å². The van der Waals surface area contributed by atoms with E-state index in [0.717, 1.165) is 53.3 Å². The van der Waals surface area contributed by atoms with Crippen LogP contribution in [-0.2, 0) is 16.2 Å². The van der Waals surface area contributed by atoms with Crippen molar-refractivity contribution < 1.29 is 23.0 Å². The highest BCUT2D eigenvalue weighted by molar-refractivity contribution is 6.09. The SMILES string of the molecule is [2H]c1c([2H])c([2H])c(-c2cccc(-c3c([2H])c([2H])c([2H])c([2H])c3[2H])c2-[n+]2[c-]n(-c3cccc(Oc4ccc5c6ccccc6n(-c6ncc7c8c6C(C)(C)CCC8(C)CCC7(C)C)c5c4)c3)c3ccccc32)c([2H])c1[2H]. The minimum atomic E-state index is -0.561. The van der Waals surface area contributed by atoms with Gasteiger partial charge in [0.05, 0.1) is 47.1 Å². The molecule has 3 aromatic heterocycles. The summed E-state index contributed by atoms with van der Waals surface area (Å²) >= 11 is 0. The van der Waals surface area contributed by atoms with Crippen molar-refractivity contribution >= 4 is 32.8 Å². The van der Waals surface area contributed by atoms with Crippen LogP contribution in [0.1, 0.15) is 90.7 Å². The van der Waals surface area contributed by atoms with E-state index >= 15 is 0 Å². The van der Waals surface area contributed by atoms with Crippen LogP contribution < -0.4 is 9.30 Å². The summed E-state index contributed by atoms with van der Waals surface area (Å²) in [6.07, 6.45) is 10.1. The first-order valence-electron chi connectivity index (χ1n) is 27.3. The van der Waals surface area contributed by atoms with E-state index in [9.17, 15) is 0 Å². The van der Waals surface area contributed by atoms with E-state index in [1.807, 2.05) is 59.2 Å². The molecule has 0 saturated carbocycles. The van der Waals surface area contributed by atoms with Crippen molar-refractivity contribution in [1.29, 1.82) is 0 Å². The van der Waals surface area contributed by atoms with Crippen LogP contribution in [0.25, 0.3) is 72.3 Å². The standard InChI is InChI=1S/C60H52N4O/c1-58(2)32-34-60(5)35-33-59(3,4)55-54(60)49(58)38-61-57(55)64-50-27-13-12-24-47(50)48-31-30-44(37-53(48)64)65-43-23-16-22-42(36-43)62-39-63(52-29-15-14-28-51(52)62)56-45(40-18-8-6-9-19-40)25-17-26-46(56)41-20-10-7-11-21-41/h6-31,36-38H,32-35H2,1-5H3/i6D,7D,8D,9D,10D,11D,18D,19D,20D,21D. The Hall–Kier alpha value is -7.24. The van der Waals surface area contributed by atoms with Crippen LogP contribution >= 0.6 is 0 Å². The average Bonchev–Trinajstić information content (AvgIpc) is 3.97. The molecule has 0 bridgehead atoms. The molecule has 12 rings (SSSR count). The van der Waals surface area contributed by atoms with Gasteiger partial charge in [0.1, 0.15) is 17.3 Å². The second-order valence-electron chi connectivity index (χ2n) is 19.2. The first-order chi connectivity index (χ1) is 35.7. The van der Waals surface area contributed by atoms with E-state index in [4.69, 9.17) is 23.4 Å². The molecule has 0 radical (unpaired) electrons. The Morgan fingerprint density at radius 2 is 1.23 bits per heavy atom. The number of hydrogen-bond donors (Lipinski definition) is 0. The zero-order chi connectivity index (χ0) is 52.8. The zero-order valence-electron chi connectivity index (χ0n) is 47.0. The second kappa shape index (κ2) is 14.6. The number of pyridine rings is 1. The van der Waals surface area contributed by atoms with Crippen LogP contribution in [-0.4, -0.2) is 14.1 Å². The molecule has 0 N–H and O–H groups in total. The molecule has 1 unspecified atom stereocenters. The highest BCUT2D eigenvalue weighted by Crippen LogP contribution is 2.57. The van der Waals surface area contributed by atoms with Gasteiger partial charge in [-0.1, -0.05) is 162 Å². The Kier molecular flexibility index (Phi) is 6.76. The number of fused-ring (bicyclic) bond motifs is 4. The third kappa shape index (κ3) is 6.27. The summed E-state index contributed by atoms with van der Waals surface area (Å²) < 4.78 is 100.0. The molecule has 10 aromatic rings. The fourth-order valence-corrected chi connectivity index (χ4v) is 10.7. The van der Waals surface area contributed by atoms with E-state index in [0.29, 0.717) is 28.2 Å². The van der Waals surface area contributed by atoms with Gasteiger partial charge >= 0.3 is 0 Å². The molecule has 0 saturated heterocycles. The average molecular weight is 855 g/mol. The number of aromatic nitrogens is 4. The summed E-state index contributed by atoms with van der Waals surface area (Å²) in [7, 11) is 0. The van der Waals surface area contributed by atoms with Gasteiger partial charge < -0.3 is 4.74 Å². The van der Waals surface area contributed by atoms with Crippen molar-refractivity contribution in [3.8, 4) is 50.9 Å². The molecular weight excluding hydrogens is 793 g/mol. The number of benzene rings is 7. The van der Waals surface area contributed by atoms with E-state index < -0.39 is 60.4 Å². The summed E-state index contributed by atoms with van der Waals surface area (Å²) in [6.45, 7) is 11.9. The molecule has 0 spiro atoms. The fourth-order valence-electron chi connectivity index (χ4n) is 10.7. The highest BCUT2D eigenvalue weighted by atomic mass is 16.5. The number of hydrogen-bond acceptors (Lipinski definition) is 2. The Morgan fingerprint density at radius 3 is 1.97 bits per heavy atom. The van der Waals surface area contributed by atoms with Crippen LogP contribution in [0, 0.1) is 6.33 Å². The molecule has 5 heteroatoms. The first-order valence-corrected chi connectivity index (χ1v) is 22.3. The molecule has 318 valence electrons. The lowest BCUT2D eigenvalue weighted by molar-refractivity contribution is -0.571. The minimum absolute atomic E-state index is 0.0135. The molecule has 1 atom stereocenters. The fraction of sp³-hybridized carbons (Fsp3) is 0.200. The number of imidazole rings is 1. The number of rotatable bonds is 7. The maximum absolute atomic E-state index is 9.06. The molecule has 0 amide bonds. The van der Waals surface area contributed by atoms with Gasteiger partial charge in [0, 0.05) is 28.6 Å². The lowest BCUT2D eigenvalue weighted by Gasteiger charge is -2.51. The Bertz CT molecular complexity index is 3950. The zero-order valence-corrected chi connectivity index (χ0v) is 37.0. The summed E-state index contributed by atoms with van der Waals surface area (Å²) in [5, 5.41) is 2.20. The summed E-state index contributed by atoms with van der Waals surface area (Å²) in [4.78, 5) is 5.42. The maximum Gasteiger partial charge on any atom is 0.269 e. The van der Waals surface area contributed by atoms with Gasteiger partial charge in [0.15, 0.2) is 0 Å². The predicted octanol–water partition coefficient (Wildman–Crippen LogP) is 14.7.